The molecule has 21 heavy (non-hydrogen) atoms. The van der Waals surface area contributed by atoms with Gasteiger partial charge in [-0.05, 0) is 31.9 Å². The van der Waals surface area contributed by atoms with Crippen LogP contribution in [-0.4, -0.2) is 46.5 Å². The first-order valence-electron chi connectivity index (χ1n) is 7.23. The van der Waals surface area contributed by atoms with E-state index in [0.717, 1.165) is 5.69 Å². The van der Waals surface area contributed by atoms with Gasteiger partial charge in [0.15, 0.2) is 0 Å². The molecule has 6 heteroatoms. The van der Waals surface area contributed by atoms with Crippen molar-refractivity contribution in [2.75, 3.05) is 19.6 Å². The van der Waals surface area contributed by atoms with Gasteiger partial charge in [-0.2, -0.15) is 0 Å². The fourth-order valence-electron chi connectivity index (χ4n) is 2.46. The molecule has 1 aliphatic heterocycles. The van der Waals surface area contributed by atoms with E-state index in [1.807, 2.05) is 25.1 Å². The number of piperidine rings is 1. The summed E-state index contributed by atoms with van der Waals surface area (Å²) in [5.41, 5.74) is 0.898. The van der Waals surface area contributed by atoms with Crippen LogP contribution in [0.3, 0.4) is 0 Å². The van der Waals surface area contributed by atoms with Gasteiger partial charge in [-0.25, -0.2) is 0 Å². The Morgan fingerprint density at radius 2 is 2.14 bits per heavy atom. The number of rotatable bonds is 5. The average Bonchev–Trinajstić information content (AvgIpc) is 2.53. The molecule has 0 aliphatic carbocycles. The molecule has 1 aliphatic rings. The summed E-state index contributed by atoms with van der Waals surface area (Å²) in [4.78, 5) is 29.0. The monoisotopic (exact) mass is 291 g/mol. The smallest absolute Gasteiger partial charge is 0.306 e. The second-order valence-electron chi connectivity index (χ2n) is 5.35. The average molecular weight is 291 g/mol. The standard InChI is InChI=1S/C15H21N3O3/c1-11(13-4-2-3-7-16-13)17-10-14(19)18-8-5-12(6-9-18)15(20)21/h2-4,7,11-12,17H,5-6,8-10H2,1H3,(H,20,21)/t11-/m1/s1. The molecular weight excluding hydrogens is 270 g/mol. The van der Waals surface area contributed by atoms with Crippen LogP contribution < -0.4 is 5.32 Å². The second-order valence-corrected chi connectivity index (χ2v) is 5.35. The fourth-order valence-corrected chi connectivity index (χ4v) is 2.46. The minimum absolute atomic E-state index is 0.00621. The number of amides is 1. The zero-order chi connectivity index (χ0) is 15.2. The van der Waals surface area contributed by atoms with Crippen molar-refractivity contribution in [3.63, 3.8) is 0 Å². The van der Waals surface area contributed by atoms with E-state index in [-0.39, 0.29) is 24.4 Å². The van der Waals surface area contributed by atoms with Crippen molar-refractivity contribution in [1.29, 1.82) is 0 Å². The van der Waals surface area contributed by atoms with E-state index in [4.69, 9.17) is 5.11 Å². The topological polar surface area (TPSA) is 82.5 Å². The van der Waals surface area contributed by atoms with Gasteiger partial charge in [-0.3, -0.25) is 14.6 Å². The lowest BCUT2D eigenvalue weighted by molar-refractivity contribution is -0.145. The Labute approximate surface area is 124 Å². The molecule has 0 saturated carbocycles. The minimum atomic E-state index is -0.760. The van der Waals surface area contributed by atoms with Crippen LogP contribution in [0.2, 0.25) is 0 Å². The zero-order valence-electron chi connectivity index (χ0n) is 12.2. The highest BCUT2D eigenvalue weighted by Gasteiger charge is 2.26. The minimum Gasteiger partial charge on any atom is -0.481 e. The molecule has 1 aromatic rings. The third-order valence-electron chi connectivity index (χ3n) is 3.89. The normalized spacial score (nSPS) is 17.5. The van der Waals surface area contributed by atoms with Crippen LogP contribution in [0.15, 0.2) is 24.4 Å². The van der Waals surface area contributed by atoms with Crippen LogP contribution in [0.5, 0.6) is 0 Å². The number of aromatic nitrogens is 1. The summed E-state index contributed by atoms with van der Waals surface area (Å²) in [6, 6.07) is 5.69. The van der Waals surface area contributed by atoms with Crippen LogP contribution in [0.4, 0.5) is 0 Å². The van der Waals surface area contributed by atoms with Gasteiger partial charge in [0.05, 0.1) is 18.2 Å². The number of carbonyl (C=O) groups excluding carboxylic acids is 1. The Balaban J connectivity index is 1.76. The number of carboxylic acid groups (broad SMARTS) is 1. The SMILES string of the molecule is C[C@@H](NCC(=O)N1CCC(C(=O)O)CC1)c1ccccn1. The summed E-state index contributed by atoms with van der Waals surface area (Å²) in [5, 5.41) is 12.1. The van der Waals surface area contributed by atoms with Crippen LogP contribution >= 0.6 is 0 Å². The van der Waals surface area contributed by atoms with Crippen molar-refractivity contribution >= 4 is 11.9 Å². The first-order chi connectivity index (χ1) is 10.1. The summed E-state index contributed by atoms with van der Waals surface area (Å²) in [6.07, 6.45) is 2.81. The van der Waals surface area contributed by atoms with E-state index in [9.17, 15) is 9.59 Å². The third kappa shape index (κ3) is 4.26. The fraction of sp³-hybridized carbons (Fsp3) is 0.533. The van der Waals surface area contributed by atoms with E-state index < -0.39 is 5.97 Å². The number of aliphatic carboxylic acids is 1. The molecule has 0 radical (unpaired) electrons. The van der Waals surface area contributed by atoms with E-state index in [1.165, 1.54) is 0 Å². The number of carbonyl (C=O) groups is 2. The zero-order valence-corrected chi connectivity index (χ0v) is 12.2. The molecule has 1 amide bonds. The predicted octanol–water partition coefficient (Wildman–Crippen LogP) is 1.06. The number of nitrogens with zero attached hydrogens (tertiary/aromatic N) is 2. The highest BCUT2D eigenvalue weighted by atomic mass is 16.4. The van der Waals surface area contributed by atoms with E-state index >= 15 is 0 Å². The first-order valence-corrected chi connectivity index (χ1v) is 7.23. The van der Waals surface area contributed by atoms with Crippen molar-refractivity contribution in [3.8, 4) is 0 Å². The van der Waals surface area contributed by atoms with Gasteiger partial charge in [-0.15, -0.1) is 0 Å². The molecule has 0 spiro atoms. The van der Waals surface area contributed by atoms with E-state index in [1.54, 1.807) is 11.1 Å². The van der Waals surface area contributed by atoms with E-state index in [2.05, 4.69) is 10.3 Å². The van der Waals surface area contributed by atoms with Crippen molar-refractivity contribution in [2.24, 2.45) is 5.92 Å². The Bertz CT molecular complexity index is 484. The second kappa shape index (κ2) is 7.17. The van der Waals surface area contributed by atoms with Gasteiger partial charge in [0.25, 0.3) is 0 Å². The maximum atomic E-state index is 12.1. The Morgan fingerprint density at radius 1 is 1.43 bits per heavy atom. The highest BCUT2D eigenvalue weighted by molar-refractivity contribution is 5.79. The first kappa shape index (κ1) is 15.4. The molecule has 1 atom stereocenters. The lowest BCUT2D eigenvalue weighted by Gasteiger charge is -2.30. The summed E-state index contributed by atoms with van der Waals surface area (Å²) in [6.45, 7) is 3.26. The van der Waals surface area contributed by atoms with Crippen molar-refractivity contribution in [3.05, 3.63) is 30.1 Å². The molecule has 1 saturated heterocycles. The van der Waals surface area contributed by atoms with Crippen molar-refractivity contribution < 1.29 is 14.7 Å². The predicted molar refractivity (Wildman–Crippen MR) is 77.6 cm³/mol. The molecule has 2 N–H and O–H groups in total. The Morgan fingerprint density at radius 3 is 2.71 bits per heavy atom. The molecule has 2 rings (SSSR count). The summed E-state index contributed by atoms with van der Waals surface area (Å²) >= 11 is 0. The van der Waals surface area contributed by atoms with Crippen LogP contribution in [0, 0.1) is 5.92 Å². The maximum Gasteiger partial charge on any atom is 0.306 e. The largest absolute Gasteiger partial charge is 0.481 e. The summed E-state index contributed by atoms with van der Waals surface area (Å²) in [5.74, 6) is -1.06. The number of nitrogens with one attached hydrogen (secondary N) is 1. The lowest BCUT2D eigenvalue weighted by Crippen LogP contribution is -2.44. The molecule has 2 heterocycles. The Kier molecular flexibility index (Phi) is 5.27. The number of carboxylic acids is 1. The van der Waals surface area contributed by atoms with Gasteiger partial charge < -0.3 is 15.3 Å². The third-order valence-corrected chi connectivity index (χ3v) is 3.89. The maximum absolute atomic E-state index is 12.1. The molecule has 0 bridgehead atoms. The van der Waals surface area contributed by atoms with Crippen molar-refractivity contribution in [2.45, 2.75) is 25.8 Å². The van der Waals surface area contributed by atoms with Crippen LogP contribution in [0.25, 0.3) is 0 Å². The molecular formula is C15H21N3O3. The quantitative estimate of drug-likeness (QED) is 0.847. The molecule has 0 unspecified atom stereocenters. The highest BCUT2D eigenvalue weighted by Crippen LogP contribution is 2.17. The number of hydrogen-bond donors (Lipinski definition) is 2. The molecule has 6 nitrogen and oxygen atoms in total. The van der Waals surface area contributed by atoms with Gasteiger partial charge in [0.1, 0.15) is 0 Å². The molecule has 0 aromatic carbocycles. The van der Waals surface area contributed by atoms with E-state index in [0.29, 0.717) is 25.9 Å². The number of pyridine rings is 1. The van der Waals surface area contributed by atoms with Crippen LogP contribution in [-0.2, 0) is 9.59 Å². The summed E-state index contributed by atoms with van der Waals surface area (Å²) in [7, 11) is 0. The molecule has 1 fully saturated rings. The van der Waals surface area contributed by atoms with Gasteiger partial charge >= 0.3 is 5.97 Å². The van der Waals surface area contributed by atoms with Gasteiger partial charge in [-0.1, -0.05) is 6.07 Å². The molecule has 114 valence electrons. The van der Waals surface area contributed by atoms with Gasteiger partial charge in [0, 0.05) is 25.3 Å². The van der Waals surface area contributed by atoms with Crippen molar-refractivity contribution in [1.82, 2.24) is 15.2 Å². The number of likely N-dealkylation sites (tertiary alicyclic amines) is 1. The Hall–Kier alpha value is -1.95. The number of hydrogen-bond acceptors (Lipinski definition) is 4. The lowest BCUT2D eigenvalue weighted by atomic mass is 9.97. The molecule has 1 aromatic heterocycles. The summed E-state index contributed by atoms with van der Waals surface area (Å²) < 4.78 is 0. The van der Waals surface area contributed by atoms with Gasteiger partial charge in [0.2, 0.25) is 5.91 Å². The van der Waals surface area contributed by atoms with Crippen LogP contribution in [0.1, 0.15) is 31.5 Å².